The number of rotatable bonds is 45. The summed E-state index contributed by atoms with van der Waals surface area (Å²) in [7, 11) is -4.62. The summed E-state index contributed by atoms with van der Waals surface area (Å²) in [6.07, 6.45) is 47.0. The average molecular weight is 981 g/mol. The van der Waals surface area contributed by atoms with Crippen molar-refractivity contribution in [3.8, 4) is 0 Å². The predicted molar refractivity (Wildman–Crippen MR) is 275 cm³/mol. The van der Waals surface area contributed by atoms with E-state index in [1.807, 2.05) is 0 Å². The number of hydrogen-bond donors (Lipinski definition) is 4. The van der Waals surface area contributed by atoms with Gasteiger partial charge in [0.05, 0.1) is 6.61 Å². The first-order valence-corrected chi connectivity index (χ1v) is 28.5. The van der Waals surface area contributed by atoms with E-state index in [0.717, 1.165) is 64.2 Å². The lowest BCUT2D eigenvalue weighted by Crippen LogP contribution is -2.60. The highest BCUT2D eigenvalue weighted by Crippen LogP contribution is 2.24. The van der Waals surface area contributed by atoms with Gasteiger partial charge in [-0.3, -0.25) is 14.1 Å². The van der Waals surface area contributed by atoms with Crippen LogP contribution in [0.5, 0.6) is 0 Å². The maximum absolute atomic E-state index is 12.9. The molecule has 0 aliphatic carbocycles. The highest BCUT2D eigenvalue weighted by atomic mass is 32.2. The van der Waals surface area contributed by atoms with E-state index in [1.54, 1.807) is 0 Å². The van der Waals surface area contributed by atoms with Crippen molar-refractivity contribution >= 4 is 22.1 Å². The lowest BCUT2D eigenvalue weighted by atomic mass is 10.00. The number of unbranched alkanes of at least 4 members (excludes halogenated alkanes) is 23. The van der Waals surface area contributed by atoms with Gasteiger partial charge < -0.3 is 34.3 Å². The molecule has 0 aromatic carbocycles. The first-order chi connectivity index (χ1) is 33.0. The smallest absolute Gasteiger partial charge is 0.306 e. The lowest BCUT2D eigenvalue weighted by Gasteiger charge is -2.40. The van der Waals surface area contributed by atoms with Gasteiger partial charge >= 0.3 is 11.9 Å². The molecule has 1 rings (SSSR count). The van der Waals surface area contributed by atoms with E-state index in [4.69, 9.17) is 18.9 Å². The molecule has 0 aromatic heterocycles. The van der Waals surface area contributed by atoms with Crippen LogP contribution in [0.1, 0.15) is 219 Å². The minimum absolute atomic E-state index is 0.129. The van der Waals surface area contributed by atoms with Crippen molar-refractivity contribution in [2.45, 2.75) is 256 Å². The number of carbonyl (C=O) groups excluding carboxylic acids is 2. The van der Waals surface area contributed by atoms with Crippen LogP contribution < -0.4 is 0 Å². The number of allylic oxidation sites excluding steroid dienone is 10. The molecule has 0 saturated carbocycles. The zero-order valence-corrected chi connectivity index (χ0v) is 43.3. The molecule has 1 heterocycles. The minimum atomic E-state index is -4.62. The van der Waals surface area contributed by atoms with Crippen molar-refractivity contribution in [3.05, 3.63) is 60.8 Å². The van der Waals surface area contributed by atoms with Crippen molar-refractivity contribution < 1.29 is 56.8 Å². The Labute approximate surface area is 413 Å². The van der Waals surface area contributed by atoms with E-state index in [2.05, 4.69) is 74.6 Å². The molecule has 1 aliphatic heterocycles. The van der Waals surface area contributed by atoms with Gasteiger partial charge in [0.2, 0.25) is 0 Å². The second-order valence-corrected chi connectivity index (χ2v) is 20.0. The summed E-state index contributed by atoms with van der Waals surface area (Å²) in [6, 6.07) is 0. The Morgan fingerprint density at radius 2 is 0.912 bits per heavy atom. The van der Waals surface area contributed by atoms with Crippen molar-refractivity contribution in [2.75, 3.05) is 19.0 Å². The topological polar surface area (TPSA) is 186 Å². The van der Waals surface area contributed by atoms with E-state index in [0.29, 0.717) is 19.3 Å². The molecule has 0 radical (unpaired) electrons. The first kappa shape index (κ1) is 63.4. The molecule has 0 spiro atoms. The Kier molecular flexibility index (Phi) is 41.3. The zero-order chi connectivity index (χ0) is 49.8. The molecule has 12 nitrogen and oxygen atoms in total. The Morgan fingerprint density at radius 3 is 1.44 bits per heavy atom. The van der Waals surface area contributed by atoms with Gasteiger partial charge in [-0.2, -0.15) is 8.42 Å². The van der Waals surface area contributed by atoms with Crippen LogP contribution in [0.2, 0.25) is 0 Å². The van der Waals surface area contributed by atoms with Gasteiger partial charge in [-0.15, -0.1) is 0 Å². The highest BCUT2D eigenvalue weighted by molar-refractivity contribution is 7.85. The molecule has 1 fully saturated rings. The Bertz CT molecular complexity index is 1470. The summed E-state index contributed by atoms with van der Waals surface area (Å²) in [5, 5.41) is 31.0. The Morgan fingerprint density at radius 1 is 0.500 bits per heavy atom. The molecule has 4 N–H and O–H groups in total. The molecule has 0 amide bonds. The largest absolute Gasteiger partial charge is 0.462 e. The minimum Gasteiger partial charge on any atom is -0.462 e. The second-order valence-electron chi connectivity index (χ2n) is 18.5. The van der Waals surface area contributed by atoms with Gasteiger partial charge in [0.15, 0.2) is 12.4 Å². The van der Waals surface area contributed by atoms with Crippen molar-refractivity contribution in [1.29, 1.82) is 0 Å². The number of aliphatic hydroxyl groups excluding tert-OH is 3. The standard InChI is InChI=1S/C55H96O12S/c1-3-5-7-9-11-13-15-17-19-21-22-23-24-25-26-28-29-31-33-35-37-39-41-43-50(56)64-45-48(46-65-55-54(60)53(59)52(58)49(67-55)47-68(61,62)63)66-51(57)44-42-40-38-36-34-32-30-27-20-18-16-14-12-10-8-6-4-2/h12,14,18,20,28-30,32,35,37,48-49,52-55,58-60H,3-11,13,15-17,19,21-27,31,33-34,36,38-47H2,1-2H3,(H,61,62,63)/b14-12+,20-18+,29-28+,32-30+,37-35+/t48-,49-,52-,53?,54?,55+/m1/s1. The van der Waals surface area contributed by atoms with Gasteiger partial charge in [-0.1, -0.05) is 184 Å². The summed E-state index contributed by atoms with van der Waals surface area (Å²) in [6.45, 7) is 3.71. The Balaban J connectivity index is 2.39. The van der Waals surface area contributed by atoms with Crippen LogP contribution in [0.4, 0.5) is 0 Å². The zero-order valence-electron chi connectivity index (χ0n) is 42.4. The summed E-state index contributed by atoms with van der Waals surface area (Å²) in [5.74, 6) is -2.07. The molecule has 0 bridgehead atoms. The molecule has 0 aromatic rings. The number of ether oxygens (including phenoxy) is 4. The average Bonchev–Trinajstić information content (AvgIpc) is 3.31. The third-order valence-electron chi connectivity index (χ3n) is 12.0. The Hall–Kier alpha value is -2.65. The van der Waals surface area contributed by atoms with Crippen LogP contribution in [0, 0.1) is 0 Å². The van der Waals surface area contributed by atoms with E-state index in [1.165, 1.54) is 109 Å². The lowest BCUT2D eigenvalue weighted by molar-refractivity contribution is -0.297. The van der Waals surface area contributed by atoms with E-state index >= 15 is 0 Å². The molecule has 68 heavy (non-hydrogen) atoms. The quantitative estimate of drug-likeness (QED) is 0.0196. The van der Waals surface area contributed by atoms with Gasteiger partial charge in [0, 0.05) is 12.8 Å². The van der Waals surface area contributed by atoms with Crippen LogP contribution in [-0.2, 0) is 38.7 Å². The van der Waals surface area contributed by atoms with Gasteiger partial charge in [-0.25, -0.2) is 0 Å². The summed E-state index contributed by atoms with van der Waals surface area (Å²) < 4.78 is 54.2. The van der Waals surface area contributed by atoms with Gasteiger partial charge in [-0.05, 0) is 83.5 Å². The molecule has 2 unspecified atom stereocenters. The maximum atomic E-state index is 12.9. The number of esters is 2. The third kappa shape index (κ3) is 38.1. The fraction of sp³-hybridized carbons (Fsp3) is 0.782. The summed E-state index contributed by atoms with van der Waals surface area (Å²) >= 11 is 0. The molecule has 6 atom stereocenters. The predicted octanol–water partition coefficient (Wildman–Crippen LogP) is 12.5. The number of hydrogen-bond acceptors (Lipinski definition) is 11. The fourth-order valence-corrected chi connectivity index (χ4v) is 8.57. The van der Waals surface area contributed by atoms with Crippen LogP contribution in [0.25, 0.3) is 0 Å². The summed E-state index contributed by atoms with van der Waals surface area (Å²) in [4.78, 5) is 25.5. The molecule has 13 heteroatoms. The highest BCUT2D eigenvalue weighted by Gasteiger charge is 2.46. The second kappa shape index (κ2) is 44.3. The molecular formula is C55H96O12S. The fourth-order valence-electron chi connectivity index (χ4n) is 7.88. The van der Waals surface area contributed by atoms with Crippen LogP contribution in [-0.4, -0.2) is 96.0 Å². The monoisotopic (exact) mass is 981 g/mol. The molecule has 1 saturated heterocycles. The van der Waals surface area contributed by atoms with Crippen molar-refractivity contribution in [3.63, 3.8) is 0 Å². The van der Waals surface area contributed by atoms with Crippen LogP contribution >= 0.6 is 0 Å². The van der Waals surface area contributed by atoms with Crippen LogP contribution in [0.3, 0.4) is 0 Å². The molecule has 1 aliphatic rings. The number of carbonyl (C=O) groups is 2. The van der Waals surface area contributed by atoms with Crippen LogP contribution in [0.15, 0.2) is 60.8 Å². The maximum Gasteiger partial charge on any atom is 0.306 e. The normalized spacial score (nSPS) is 19.6. The SMILES string of the molecule is CCCCC/C=C/C/C=C/C/C=C/CCCCCCC(=O)O[C@H](COC(=O)CCC/C=C/CC/C=C/CCCCCCCCCCCCCCCC)CO[C@H]1O[C@H](CS(=O)(=O)O)[C@@H](O)C(O)C1O. The summed E-state index contributed by atoms with van der Waals surface area (Å²) in [5.41, 5.74) is 0. The molecule has 394 valence electrons. The first-order valence-electron chi connectivity index (χ1n) is 26.8. The third-order valence-corrected chi connectivity index (χ3v) is 12.8. The van der Waals surface area contributed by atoms with E-state index in [-0.39, 0.29) is 19.4 Å². The van der Waals surface area contributed by atoms with Gasteiger partial charge in [0.1, 0.15) is 36.8 Å². The van der Waals surface area contributed by atoms with E-state index < -0.39 is 71.2 Å². The molecular weight excluding hydrogens is 885 g/mol. The van der Waals surface area contributed by atoms with E-state index in [9.17, 15) is 37.9 Å². The van der Waals surface area contributed by atoms with Gasteiger partial charge in [0.25, 0.3) is 10.1 Å². The number of aliphatic hydroxyl groups is 3. The van der Waals surface area contributed by atoms with Crippen molar-refractivity contribution in [2.24, 2.45) is 0 Å². The van der Waals surface area contributed by atoms with Crippen molar-refractivity contribution in [1.82, 2.24) is 0 Å².